The van der Waals surface area contributed by atoms with Gasteiger partial charge in [0.1, 0.15) is 19.3 Å². The van der Waals surface area contributed by atoms with Crippen LogP contribution in [0.3, 0.4) is 0 Å². The molecule has 0 radical (unpaired) electrons. The molecule has 0 aliphatic rings. The summed E-state index contributed by atoms with van der Waals surface area (Å²) in [5.41, 5.74) is 0. The van der Waals surface area contributed by atoms with Crippen LogP contribution in [-0.4, -0.2) is 96.7 Å². The minimum atomic E-state index is -4.96. The number of carbonyl (C=O) groups excluding carboxylic acids is 4. The molecule has 0 spiro atoms. The van der Waals surface area contributed by atoms with Crippen LogP contribution in [0.15, 0.2) is 0 Å². The van der Waals surface area contributed by atoms with Crippen LogP contribution in [0.2, 0.25) is 0 Å². The van der Waals surface area contributed by atoms with Crippen molar-refractivity contribution in [3.8, 4) is 0 Å². The van der Waals surface area contributed by atoms with Crippen molar-refractivity contribution in [3.05, 3.63) is 0 Å². The van der Waals surface area contributed by atoms with Crippen LogP contribution in [0, 0.1) is 11.8 Å². The van der Waals surface area contributed by atoms with E-state index in [1.54, 1.807) is 0 Å². The first-order valence-corrected chi connectivity index (χ1v) is 42.5. The fourth-order valence-electron chi connectivity index (χ4n) is 11.6. The first-order chi connectivity index (χ1) is 45.9. The van der Waals surface area contributed by atoms with E-state index in [4.69, 9.17) is 37.0 Å². The van der Waals surface area contributed by atoms with Gasteiger partial charge in [-0.05, 0) is 37.5 Å². The summed E-state index contributed by atoms with van der Waals surface area (Å²) < 4.78 is 68.5. The van der Waals surface area contributed by atoms with Gasteiger partial charge in [-0.1, -0.05) is 343 Å². The van der Waals surface area contributed by atoms with Crippen LogP contribution in [0.4, 0.5) is 0 Å². The highest BCUT2D eigenvalue weighted by atomic mass is 31.2. The second kappa shape index (κ2) is 67.9. The van der Waals surface area contributed by atoms with Gasteiger partial charge >= 0.3 is 39.5 Å². The molecule has 95 heavy (non-hydrogen) atoms. The lowest BCUT2D eigenvalue weighted by Gasteiger charge is -2.21. The Morgan fingerprint density at radius 3 is 0.800 bits per heavy atom. The number of aliphatic hydroxyl groups is 1. The van der Waals surface area contributed by atoms with Gasteiger partial charge in [0.2, 0.25) is 0 Å². The van der Waals surface area contributed by atoms with Crippen molar-refractivity contribution < 1.29 is 80.2 Å². The first kappa shape index (κ1) is 93.1. The molecule has 3 N–H and O–H groups in total. The molecule has 0 saturated carbocycles. The van der Waals surface area contributed by atoms with Gasteiger partial charge in [0.15, 0.2) is 12.2 Å². The highest BCUT2D eigenvalue weighted by Crippen LogP contribution is 2.45. The largest absolute Gasteiger partial charge is 0.472 e. The van der Waals surface area contributed by atoms with E-state index in [2.05, 4.69) is 41.5 Å². The number of hydrogen-bond acceptors (Lipinski definition) is 15. The number of phosphoric acid groups is 2. The number of phosphoric ester groups is 2. The Hall–Kier alpha value is -1.94. The lowest BCUT2D eigenvalue weighted by molar-refractivity contribution is -0.161. The summed E-state index contributed by atoms with van der Waals surface area (Å²) in [5.74, 6) is -0.589. The minimum Gasteiger partial charge on any atom is -0.462 e. The van der Waals surface area contributed by atoms with Gasteiger partial charge in [0.05, 0.1) is 26.4 Å². The molecule has 0 rings (SSSR count). The van der Waals surface area contributed by atoms with E-state index in [0.717, 1.165) is 108 Å². The molecular formula is C76H148O17P2. The second-order valence-electron chi connectivity index (χ2n) is 28.1. The molecule has 0 saturated heterocycles. The number of esters is 4. The Labute approximate surface area is 581 Å². The number of unbranched alkanes of at least 4 members (excludes halogenated alkanes) is 44. The molecule has 17 nitrogen and oxygen atoms in total. The molecule has 0 fully saturated rings. The highest BCUT2D eigenvalue weighted by molar-refractivity contribution is 7.47. The summed E-state index contributed by atoms with van der Waals surface area (Å²) in [5, 5.41) is 10.6. The average Bonchev–Trinajstić information content (AvgIpc) is 1.76. The lowest BCUT2D eigenvalue weighted by atomic mass is 10.00. The van der Waals surface area contributed by atoms with Crippen LogP contribution in [0.1, 0.15) is 395 Å². The van der Waals surface area contributed by atoms with Crippen LogP contribution in [0.25, 0.3) is 0 Å². The van der Waals surface area contributed by atoms with E-state index < -0.39 is 97.5 Å². The predicted octanol–water partition coefficient (Wildman–Crippen LogP) is 22.3. The predicted molar refractivity (Wildman–Crippen MR) is 386 cm³/mol. The molecule has 0 heterocycles. The normalized spacial score (nSPS) is 14.3. The number of hydrogen-bond donors (Lipinski definition) is 3. The van der Waals surface area contributed by atoms with Crippen molar-refractivity contribution >= 4 is 39.5 Å². The Bertz CT molecular complexity index is 1840. The van der Waals surface area contributed by atoms with Crippen LogP contribution in [0.5, 0.6) is 0 Å². The van der Waals surface area contributed by atoms with E-state index >= 15 is 0 Å². The van der Waals surface area contributed by atoms with Gasteiger partial charge in [-0.25, -0.2) is 9.13 Å². The smallest absolute Gasteiger partial charge is 0.462 e. The topological polar surface area (TPSA) is 237 Å². The summed E-state index contributed by atoms with van der Waals surface area (Å²) in [7, 11) is -9.91. The molecule has 0 aliphatic heterocycles. The third-order valence-electron chi connectivity index (χ3n) is 18.1. The fourth-order valence-corrected chi connectivity index (χ4v) is 13.2. The SMILES string of the molecule is CCCCCCCCCCCCCCCCCCCC(=O)OC[C@H](COP(=O)(O)OC[C@@H](O)COP(=O)(O)OC[C@@H](COC(=O)CCCCCCCCC(C)CC)OC(=O)CCCCCCCCCCCCC)OC(=O)CCCCCCCCCCCCCCCCC(C)C. The monoisotopic (exact) mass is 1400 g/mol. The first-order valence-electron chi connectivity index (χ1n) is 39.5. The maximum atomic E-state index is 13.1. The van der Waals surface area contributed by atoms with Gasteiger partial charge in [-0.2, -0.15) is 0 Å². The molecule has 0 aromatic carbocycles. The van der Waals surface area contributed by atoms with Crippen LogP contribution < -0.4 is 0 Å². The third kappa shape index (κ3) is 69.0. The van der Waals surface area contributed by atoms with Crippen molar-refractivity contribution in [3.63, 3.8) is 0 Å². The lowest BCUT2D eigenvalue weighted by Crippen LogP contribution is -2.30. The average molecular weight is 1400 g/mol. The van der Waals surface area contributed by atoms with E-state index in [-0.39, 0.29) is 25.7 Å². The van der Waals surface area contributed by atoms with Crippen molar-refractivity contribution in [2.75, 3.05) is 39.6 Å². The van der Waals surface area contributed by atoms with E-state index in [1.807, 2.05) is 0 Å². The summed E-state index contributed by atoms with van der Waals surface area (Å²) >= 11 is 0. The molecule has 6 atom stereocenters. The third-order valence-corrected chi connectivity index (χ3v) is 20.0. The number of carbonyl (C=O) groups is 4. The standard InChI is InChI=1S/C76H148O17P2/c1-7-10-12-14-16-18-20-21-22-23-24-28-32-35-39-46-52-58-73(78)86-64-71(92-76(81)61-55-49-41-37-33-29-26-25-27-31-34-38-44-50-56-68(4)5)66-90-94(82,83)88-62-70(77)63-89-95(84,85)91-67-72(65-87-74(79)59-53-47-43-42-45-51-57-69(6)9-3)93-75(80)60-54-48-40-36-30-19-17-15-13-11-8-2/h68-72,77H,7-67H2,1-6H3,(H,82,83)(H,84,85)/t69?,70-,71-,72-/m1/s1. The zero-order chi connectivity index (χ0) is 70.0. The maximum Gasteiger partial charge on any atom is 0.472 e. The van der Waals surface area contributed by atoms with Crippen molar-refractivity contribution in [2.24, 2.45) is 11.8 Å². The summed E-state index contributed by atoms with van der Waals surface area (Å²) in [6.45, 7) is 9.58. The zero-order valence-corrected chi connectivity index (χ0v) is 63.8. The second-order valence-corrected chi connectivity index (χ2v) is 31.0. The minimum absolute atomic E-state index is 0.106. The van der Waals surface area contributed by atoms with Crippen molar-refractivity contribution in [1.29, 1.82) is 0 Å². The molecular weight excluding hydrogens is 1250 g/mol. The van der Waals surface area contributed by atoms with Crippen molar-refractivity contribution in [2.45, 2.75) is 413 Å². The van der Waals surface area contributed by atoms with E-state index in [9.17, 15) is 43.2 Å². The fraction of sp³-hybridized carbons (Fsp3) is 0.947. The molecule has 0 bridgehead atoms. The van der Waals surface area contributed by atoms with Gasteiger partial charge in [0, 0.05) is 25.7 Å². The Balaban J connectivity index is 5.23. The maximum absolute atomic E-state index is 13.1. The quantitative estimate of drug-likeness (QED) is 0.0222. The number of rotatable bonds is 75. The van der Waals surface area contributed by atoms with E-state index in [0.29, 0.717) is 25.7 Å². The zero-order valence-electron chi connectivity index (χ0n) is 62.0. The molecule has 3 unspecified atom stereocenters. The van der Waals surface area contributed by atoms with Crippen LogP contribution in [-0.2, 0) is 65.4 Å². The van der Waals surface area contributed by atoms with Gasteiger partial charge in [0.25, 0.3) is 0 Å². The summed E-state index contributed by atoms with van der Waals surface area (Å²) in [6.07, 6.45) is 55.5. The highest BCUT2D eigenvalue weighted by Gasteiger charge is 2.30. The number of ether oxygens (including phenoxy) is 4. The van der Waals surface area contributed by atoms with Crippen molar-refractivity contribution in [1.82, 2.24) is 0 Å². The summed E-state index contributed by atoms with van der Waals surface area (Å²) in [6, 6.07) is 0. The molecule has 0 aromatic heterocycles. The Kier molecular flexibility index (Phi) is 66.5. The molecule has 19 heteroatoms. The van der Waals surface area contributed by atoms with E-state index in [1.165, 1.54) is 205 Å². The van der Waals surface area contributed by atoms with Gasteiger partial charge < -0.3 is 33.8 Å². The Morgan fingerprint density at radius 1 is 0.305 bits per heavy atom. The van der Waals surface area contributed by atoms with Gasteiger partial charge in [-0.3, -0.25) is 37.3 Å². The van der Waals surface area contributed by atoms with Gasteiger partial charge in [-0.15, -0.1) is 0 Å². The molecule has 0 amide bonds. The molecule has 0 aliphatic carbocycles. The Morgan fingerprint density at radius 2 is 0.537 bits per heavy atom. The van der Waals surface area contributed by atoms with Crippen LogP contribution >= 0.6 is 15.6 Å². The molecule has 0 aromatic rings. The summed E-state index contributed by atoms with van der Waals surface area (Å²) in [4.78, 5) is 72.8. The number of aliphatic hydroxyl groups excluding tert-OH is 1. The molecule has 564 valence electrons.